The zero-order chi connectivity index (χ0) is 21.6. The van der Waals surface area contributed by atoms with Crippen molar-refractivity contribution in [2.75, 3.05) is 10.6 Å². The van der Waals surface area contributed by atoms with E-state index in [0.717, 1.165) is 31.9 Å². The molecule has 2 aromatic rings. The van der Waals surface area contributed by atoms with E-state index < -0.39 is 10.0 Å². The molecule has 2 aromatic carbocycles. The van der Waals surface area contributed by atoms with Gasteiger partial charge in [0.25, 0.3) is 5.91 Å². The molecule has 0 heterocycles. The van der Waals surface area contributed by atoms with Crippen molar-refractivity contribution in [2.24, 2.45) is 0 Å². The maximum Gasteiger partial charge on any atom is 0.251 e. The van der Waals surface area contributed by atoms with Crippen LogP contribution in [0.25, 0.3) is 0 Å². The molecular formula is C23H29FN2O3S. The maximum absolute atomic E-state index is 13.1. The fourth-order valence-electron chi connectivity index (χ4n) is 3.80. The summed E-state index contributed by atoms with van der Waals surface area (Å²) in [5.74, 6) is -0.499. The minimum Gasteiger partial charge on any atom is -0.349 e. The summed E-state index contributed by atoms with van der Waals surface area (Å²) in [5, 5.41) is 3.12. The molecular weight excluding hydrogens is 403 g/mol. The number of halogens is 1. The minimum absolute atomic E-state index is 0.0900. The van der Waals surface area contributed by atoms with Crippen LogP contribution >= 0.6 is 0 Å². The van der Waals surface area contributed by atoms with E-state index in [9.17, 15) is 17.6 Å². The Balaban J connectivity index is 1.71. The molecule has 1 saturated carbocycles. The molecule has 7 heteroatoms. The number of nitrogens with zero attached hydrogens (tertiary/aromatic N) is 1. The summed E-state index contributed by atoms with van der Waals surface area (Å²) >= 11 is 0. The van der Waals surface area contributed by atoms with Crippen molar-refractivity contribution < 1.29 is 17.6 Å². The highest BCUT2D eigenvalue weighted by Gasteiger charge is 2.19. The molecule has 0 saturated heterocycles. The van der Waals surface area contributed by atoms with Crippen LogP contribution in [0.15, 0.2) is 48.5 Å². The summed E-state index contributed by atoms with van der Waals surface area (Å²) in [5.41, 5.74) is 1.65. The Morgan fingerprint density at radius 1 is 0.967 bits per heavy atom. The van der Waals surface area contributed by atoms with Crippen molar-refractivity contribution in [3.05, 3.63) is 65.5 Å². The van der Waals surface area contributed by atoms with Crippen molar-refractivity contribution in [3.63, 3.8) is 0 Å². The first kappa shape index (κ1) is 22.3. The summed E-state index contributed by atoms with van der Waals surface area (Å²) in [6.07, 6.45) is 9.12. The van der Waals surface area contributed by atoms with Crippen molar-refractivity contribution in [3.8, 4) is 0 Å². The van der Waals surface area contributed by atoms with Gasteiger partial charge in [-0.1, -0.05) is 44.2 Å². The lowest BCUT2D eigenvalue weighted by Crippen LogP contribution is -2.35. The molecule has 1 aliphatic rings. The summed E-state index contributed by atoms with van der Waals surface area (Å²) in [7, 11) is -3.55. The Morgan fingerprint density at radius 3 is 2.10 bits per heavy atom. The topological polar surface area (TPSA) is 66.5 Å². The van der Waals surface area contributed by atoms with E-state index in [1.807, 2.05) is 0 Å². The van der Waals surface area contributed by atoms with Crippen LogP contribution in [0.4, 0.5) is 10.1 Å². The number of hydrogen-bond donors (Lipinski definition) is 1. The number of hydrogen-bond acceptors (Lipinski definition) is 3. The number of amides is 1. The van der Waals surface area contributed by atoms with Gasteiger partial charge in [0.2, 0.25) is 10.0 Å². The van der Waals surface area contributed by atoms with Gasteiger partial charge < -0.3 is 5.32 Å². The number of carbonyl (C=O) groups excluding carboxylic acids is 1. The Kier molecular flexibility index (Phi) is 7.48. The average Bonchev–Trinajstić information content (AvgIpc) is 2.68. The second kappa shape index (κ2) is 10.1. The van der Waals surface area contributed by atoms with Gasteiger partial charge >= 0.3 is 0 Å². The first-order valence-corrected chi connectivity index (χ1v) is 12.3. The van der Waals surface area contributed by atoms with Gasteiger partial charge in [0.15, 0.2) is 0 Å². The van der Waals surface area contributed by atoms with E-state index in [-0.39, 0.29) is 24.3 Å². The van der Waals surface area contributed by atoms with Crippen LogP contribution in [0.3, 0.4) is 0 Å². The van der Waals surface area contributed by atoms with Crippen LogP contribution in [0.2, 0.25) is 0 Å². The first-order chi connectivity index (χ1) is 14.3. The fraction of sp³-hybridized carbons (Fsp3) is 0.435. The minimum atomic E-state index is -3.55. The Bertz CT molecular complexity index is 935. The van der Waals surface area contributed by atoms with Crippen molar-refractivity contribution >= 4 is 21.6 Å². The third-order valence-corrected chi connectivity index (χ3v) is 6.64. The van der Waals surface area contributed by atoms with Crippen molar-refractivity contribution in [2.45, 2.75) is 57.5 Å². The molecule has 5 nitrogen and oxygen atoms in total. The van der Waals surface area contributed by atoms with E-state index >= 15 is 0 Å². The molecule has 1 aliphatic carbocycles. The molecule has 30 heavy (non-hydrogen) atoms. The lowest BCUT2D eigenvalue weighted by atomic mass is 9.96. The van der Waals surface area contributed by atoms with E-state index in [1.165, 1.54) is 35.7 Å². The van der Waals surface area contributed by atoms with Crippen LogP contribution < -0.4 is 9.62 Å². The fourth-order valence-corrected chi connectivity index (χ4v) is 4.69. The monoisotopic (exact) mass is 432 g/mol. The zero-order valence-corrected chi connectivity index (χ0v) is 18.1. The molecule has 0 radical (unpaired) electrons. The van der Waals surface area contributed by atoms with E-state index in [0.29, 0.717) is 16.8 Å². The first-order valence-electron chi connectivity index (χ1n) is 10.5. The zero-order valence-electron chi connectivity index (χ0n) is 17.3. The summed E-state index contributed by atoms with van der Waals surface area (Å²) in [6.45, 7) is 0.0900. The van der Waals surface area contributed by atoms with E-state index in [1.54, 1.807) is 36.4 Å². The van der Waals surface area contributed by atoms with Gasteiger partial charge in [-0.05, 0) is 54.8 Å². The van der Waals surface area contributed by atoms with Gasteiger partial charge in [0, 0.05) is 11.6 Å². The molecule has 1 N–H and O–H groups in total. The normalized spacial score (nSPS) is 15.8. The highest BCUT2D eigenvalue weighted by atomic mass is 32.2. The number of sulfonamides is 1. The Morgan fingerprint density at radius 2 is 1.53 bits per heavy atom. The van der Waals surface area contributed by atoms with Gasteiger partial charge in [-0.15, -0.1) is 0 Å². The number of anilines is 1. The average molecular weight is 433 g/mol. The summed E-state index contributed by atoms with van der Waals surface area (Å²) in [4.78, 5) is 12.6. The Hall–Kier alpha value is -2.41. The van der Waals surface area contributed by atoms with Gasteiger partial charge in [0.05, 0.1) is 18.5 Å². The molecule has 0 aliphatic heterocycles. The van der Waals surface area contributed by atoms with Crippen LogP contribution in [0, 0.1) is 5.82 Å². The molecule has 0 atom stereocenters. The van der Waals surface area contributed by atoms with Crippen LogP contribution in [0.1, 0.15) is 60.9 Å². The Labute approximate surface area is 178 Å². The molecule has 162 valence electrons. The van der Waals surface area contributed by atoms with Gasteiger partial charge in [-0.3, -0.25) is 9.10 Å². The third kappa shape index (κ3) is 6.29. The predicted molar refractivity (Wildman–Crippen MR) is 117 cm³/mol. The summed E-state index contributed by atoms with van der Waals surface area (Å²) < 4.78 is 39.0. The standard InChI is InChI=1S/C23H29FN2O3S/c1-30(28,29)26(17-18-9-13-20(24)14-10-18)22-15-11-19(12-16-22)23(27)25-21-7-5-3-2-4-6-8-21/h9-16,21H,2-8,17H2,1H3,(H,25,27). The molecule has 0 unspecified atom stereocenters. The number of benzene rings is 2. The van der Waals surface area contributed by atoms with Crippen molar-refractivity contribution in [1.82, 2.24) is 5.32 Å². The lowest BCUT2D eigenvalue weighted by molar-refractivity contribution is 0.0930. The summed E-state index contributed by atoms with van der Waals surface area (Å²) in [6, 6.07) is 12.5. The van der Waals surface area contributed by atoms with E-state index in [4.69, 9.17) is 0 Å². The van der Waals surface area contributed by atoms with Gasteiger partial charge in [-0.25, -0.2) is 12.8 Å². The van der Waals surface area contributed by atoms with Crippen molar-refractivity contribution in [1.29, 1.82) is 0 Å². The highest BCUT2D eigenvalue weighted by Crippen LogP contribution is 2.22. The smallest absolute Gasteiger partial charge is 0.251 e. The van der Waals surface area contributed by atoms with Gasteiger partial charge in [0.1, 0.15) is 5.82 Å². The highest BCUT2D eigenvalue weighted by molar-refractivity contribution is 7.92. The van der Waals surface area contributed by atoms with Crippen LogP contribution in [-0.4, -0.2) is 26.6 Å². The number of carbonyl (C=O) groups is 1. The second-order valence-electron chi connectivity index (χ2n) is 7.96. The quantitative estimate of drug-likeness (QED) is 0.723. The molecule has 0 bridgehead atoms. The number of nitrogens with one attached hydrogen (secondary N) is 1. The second-order valence-corrected chi connectivity index (χ2v) is 9.87. The molecule has 1 amide bonds. The van der Waals surface area contributed by atoms with Gasteiger partial charge in [-0.2, -0.15) is 0 Å². The molecule has 3 rings (SSSR count). The number of rotatable bonds is 6. The van der Waals surface area contributed by atoms with Crippen LogP contribution in [-0.2, 0) is 16.6 Å². The maximum atomic E-state index is 13.1. The largest absolute Gasteiger partial charge is 0.349 e. The molecule has 0 aromatic heterocycles. The SMILES string of the molecule is CS(=O)(=O)N(Cc1ccc(F)cc1)c1ccc(C(=O)NC2CCCCCCC2)cc1. The molecule has 1 fully saturated rings. The predicted octanol–water partition coefficient (Wildman–Crippen LogP) is 4.63. The molecule has 0 spiro atoms. The lowest BCUT2D eigenvalue weighted by Gasteiger charge is -2.23. The third-order valence-electron chi connectivity index (χ3n) is 5.50. The van der Waals surface area contributed by atoms with E-state index in [2.05, 4.69) is 5.32 Å². The van der Waals surface area contributed by atoms with Crippen LogP contribution in [0.5, 0.6) is 0 Å².